The van der Waals surface area contributed by atoms with Gasteiger partial charge in [0.05, 0.1) is 0 Å². The molecule has 0 amide bonds. The lowest BCUT2D eigenvalue weighted by molar-refractivity contribution is 0.131. The Hall–Kier alpha value is -0.120. The van der Waals surface area contributed by atoms with Gasteiger partial charge in [0.1, 0.15) is 0 Å². The molecule has 3 heteroatoms. The average Bonchev–Trinajstić information content (AvgIpc) is 2.38. The topological polar surface area (TPSA) is 18.5 Å². The molecular weight excluding hydrogens is 246 g/mol. The highest BCUT2D eigenvalue weighted by molar-refractivity contribution is 4.72. The summed E-state index contributed by atoms with van der Waals surface area (Å²) in [6.45, 7) is 17.9. The summed E-state index contributed by atoms with van der Waals surface area (Å²) in [7, 11) is 0. The molecule has 20 heavy (non-hydrogen) atoms. The highest BCUT2D eigenvalue weighted by atomic mass is 15.3. The zero-order chi connectivity index (χ0) is 14.8. The van der Waals surface area contributed by atoms with E-state index in [-0.39, 0.29) is 5.54 Å². The number of nitrogens with zero attached hydrogens (tertiary/aromatic N) is 2. The predicted molar refractivity (Wildman–Crippen MR) is 89.4 cm³/mol. The molecule has 0 aromatic rings. The highest BCUT2D eigenvalue weighted by Gasteiger charge is 2.15. The van der Waals surface area contributed by atoms with Crippen molar-refractivity contribution >= 4 is 0 Å². The predicted octanol–water partition coefficient (Wildman–Crippen LogP) is 2.96. The minimum atomic E-state index is 0.276. The molecule has 120 valence electrons. The van der Waals surface area contributed by atoms with E-state index in [1.807, 2.05) is 0 Å². The van der Waals surface area contributed by atoms with Crippen LogP contribution in [-0.2, 0) is 0 Å². The Balaban J connectivity index is 1.90. The molecule has 0 atom stereocenters. The van der Waals surface area contributed by atoms with E-state index in [9.17, 15) is 0 Å². The van der Waals surface area contributed by atoms with Crippen LogP contribution >= 0.6 is 0 Å². The quantitative estimate of drug-likeness (QED) is 0.656. The third-order valence-electron chi connectivity index (χ3n) is 4.06. The molecule has 0 aromatic heterocycles. The largest absolute Gasteiger partial charge is 0.312 e. The first-order chi connectivity index (χ1) is 9.51. The van der Waals surface area contributed by atoms with Gasteiger partial charge in [0, 0.05) is 31.7 Å². The van der Waals surface area contributed by atoms with Crippen molar-refractivity contribution in [1.82, 2.24) is 15.1 Å². The maximum absolute atomic E-state index is 3.56. The highest BCUT2D eigenvalue weighted by Crippen LogP contribution is 2.07. The molecule has 1 aliphatic rings. The van der Waals surface area contributed by atoms with Gasteiger partial charge in [0.2, 0.25) is 0 Å². The van der Waals surface area contributed by atoms with Crippen molar-refractivity contribution < 1.29 is 0 Å². The van der Waals surface area contributed by atoms with E-state index in [1.54, 1.807) is 0 Å². The van der Waals surface area contributed by atoms with E-state index in [0.29, 0.717) is 0 Å². The molecule has 0 aliphatic carbocycles. The number of unbranched alkanes of at least 4 members (excludes halogenated alkanes) is 3. The summed E-state index contributed by atoms with van der Waals surface area (Å²) in [6.07, 6.45) is 6.76. The van der Waals surface area contributed by atoms with Crippen molar-refractivity contribution in [2.75, 3.05) is 45.8 Å². The fraction of sp³-hybridized carbons (Fsp3) is 1.00. The van der Waals surface area contributed by atoms with Crippen LogP contribution in [-0.4, -0.2) is 61.2 Å². The molecule has 0 bridgehead atoms. The lowest BCUT2D eigenvalue weighted by atomic mass is 10.1. The first-order valence-electron chi connectivity index (χ1n) is 8.71. The van der Waals surface area contributed by atoms with E-state index in [4.69, 9.17) is 0 Å². The first-order valence-corrected chi connectivity index (χ1v) is 8.71. The van der Waals surface area contributed by atoms with Crippen molar-refractivity contribution in [3.05, 3.63) is 0 Å². The molecule has 0 aromatic carbocycles. The van der Waals surface area contributed by atoms with E-state index in [2.05, 4.69) is 42.8 Å². The SMILES string of the molecule is CCCN1CCN(CCCCCCNC(C)(C)C)CC1. The molecular formula is C17H37N3. The summed E-state index contributed by atoms with van der Waals surface area (Å²) in [4.78, 5) is 5.26. The van der Waals surface area contributed by atoms with Crippen LogP contribution in [0.4, 0.5) is 0 Å². The van der Waals surface area contributed by atoms with E-state index in [0.717, 1.165) is 0 Å². The molecule has 1 aliphatic heterocycles. The fourth-order valence-corrected chi connectivity index (χ4v) is 2.83. The van der Waals surface area contributed by atoms with E-state index in [1.165, 1.54) is 77.9 Å². The molecule has 0 unspecified atom stereocenters. The molecule has 0 saturated carbocycles. The Kier molecular flexibility index (Phi) is 8.74. The zero-order valence-electron chi connectivity index (χ0n) is 14.4. The Labute approximate surface area is 127 Å². The normalized spacial score (nSPS) is 18.6. The van der Waals surface area contributed by atoms with Crippen LogP contribution in [0.5, 0.6) is 0 Å². The Bertz CT molecular complexity index is 227. The molecule has 3 nitrogen and oxygen atoms in total. The first kappa shape index (κ1) is 17.9. The van der Waals surface area contributed by atoms with Crippen LogP contribution in [0, 0.1) is 0 Å². The van der Waals surface area contributed by atoms with Gasteiger partial charge in [-0.2, -0.15) is 0 Å². The third kappa shape index (κ3) is 8.93. The second-order valence-electron chi connectivity index (χ2n) is 7.27. The van der Waals surface area contributed by atoms with Crippen molar-refractivity contribution in [1.29, 1.82) is 0 Å². The van der Waals surface area contributed by atoms with Gasteiger partial charge in [0.15, 0.2) is 0 Å². The van der Waals surface area contributed by atoms with Crippen molar-refractivity contribution in [3.63, 3.8) is 0 Å². The molecule has 1 saturated heterocycles. The van der Waals surface area contributed by atoms with Gasteiger partial charge in [-0.15, -0.1) is 0 Å². The van der Waals surface area contributed by atoms with Crippen LogP contribution in [0.15, 0.2) is 0 Å². The monoisotopic (exact) mass is 283 g/mol. The second-order valence-corrected chi connectivity index (χ2v) is 7.27. The van der Waals surface area contributed by atoms with Gasteiger partial charge in [-0.05, 0) is 59.7 Å². The molecule has 1 N–H and O–H groups in total. The van der Waals surface area contributed by atoms with Crippen molar-refractivity contribution in [3.8, 4) is 0 Å². The second kappa shape index (κ2) is 9.75. The Morgan fingerprint density at radius 2 is 1.35 bits per heavy atom. The number of rotatable bonds is 9. The van der Waals surface area contributed by atoms with Crippen LogP contribution in [0.3, 0.4) is 0 Å². The van der Waals surface area contributed by atoms with Crippen molar-refractivity contribution in [2.24, 2.45) is 0 Å². The summed E-state index contributed by atoms with van der Waals surface area (Å²) in [5.41, 5.74) is 0.276. The lowest BCUT2D eigenvalue weighted by Crippen LogP contribution is -2.46. The summed E-state index contributed by atoms with van der Waals surface area (Å²) < 4.78 is 0. The number of hydrogen-bond acceptors (Lipinski definition) is 3. The van der Waals surface area contributed by atoms with Gasteiger partial charge in [-0.25, -0.2) is 0 Å². The summed E-state index contributed by atoms with van der Waals surface area (Å²) in [6, 6.07) is 0. The molecule has 1 heterocycles. The smallest absolute Gasteiger partial charge is 0.0110 e. The third-order valence-corrected chi connectivity index (χ3v) is 4.06. The summed E-state index contributed by atoms with van der Waals surface area (Å²) in [5.74, 6) is 0. The van der Waals surface area contributed by atoms with E-state index >= 15 is 0 Å². The Morgan fingerprint density at radius 1 is 0.800 bits per heavy atom. The number of nitrogens with one attached hydrogen (secondary N) is 1. The van der Waals surface area contributed by atoms with Crippen LogP contribution in [0.1, 0.15) is 59.8 Å². The minimum absolute atomic E-state index is 0.276. The Morgan fingerprint density at radius 3 is 1.90 bits per heavy atom. The van der Waals surface area contributed by atoms with Crippen LogP contribution in [0.2, 0.25) is 0 Å². The summed E-state index contributed by atoms with van der Waals surface area (Å²) in [5, 5.41) is 3.56. The minimum Gasteiger partial charge on any atom is -0.312 e. The van der Waals surface area contributed by atoms with Gasteiger partial charge in [-0.3, -0.25) is 0 Å². The fourth-order valence-electron chi connectivity index (χ4n) is 2.83. The number of piperazine rings is 1. The number of hydrogen-bond donors (Lipinski definition) is 1. The average molecular weight is 284 g/mol. The van der Waals surface area contributed by atoms with Crippen molar-refractivity contribution in [2.45, 2.75) is 65.3 Å². The summed E-state index contributed by atoms with van der Waals surface area (Å²) >= 11 is 0. The maximum atomic E-state index is 3.56. The lowest BCUT2D eigenvalue weighted by Gasteiger charge is -2.34. The molecule has 1 fully saturated rings. The maximum Gasteiger partial charge on any atom is 0.0110 e. The zero-order valence-corrected chi connectivity index (χ0v) is 14.4. The molecule has 0 spiro atoms. The van der Waals surface area contributed by atoms with Gasteiger partial charge >= 0.3 is 0 Å². The molecule has 0 radical (unpaired) electrons. The van der Waals surface area contributed by atoms with Gasteiger partial charge < -0.3 is 15.1 Å². The van der Waals surface area contributed by atoms with Gasteiger partial charge in [-0.1, -0.05) is 19.8 Å². The molecule has 1 rings (SSSR count). The van der Waals surface area contributed by atoms with Crippen LogP contribution in [0.25, 0.3) is 0 Å². The van der Waals surface area contributed by atoms with Gasteiger partial charge in [0.25, 0.3) is 0 Å². The van der Waals surface area contributed by atoms with Crippen LogP contribution < -0.4 is 5.32 Å². The van der Waals surface area contributed by atoms with E-state index < -0.39 is 0 Å². The standard InChI is InChI=1S/C17H37N3/c1-5-11-19-13-15-20(16-14-19)12-9-7-6-8-10-18-17(2,3)4/h18H,5-16H2,1-4H3.